The molecule has 0 saturated heterocycles. The summed E-state index contributed by atoms with van der Waals surface area (Å²) in [4.78, 5) is 17.1. The Morgan fingerprint density at radius 2 is 2.29 bits per heavy atom. The number of aliphatic hydroxyl groups excluding tert-OH is 1. The van der Waals surface area contributed by atoms with E-state index in [2.05, 4.69) is 4.98 Å². The lowest BCUT2D eigenvalue weighted by molar-refractivity contribution is 0.0696. The molecule has 0 spiro atoms. The quantitative estimate of drug-likeness (QED) is 0.801. The van der Waals surface area contributed by atoms with Crippen molar-refractivity contribution in [1.29, 1.82) is 0 Å². The average Bonchev–Trinajstić information content (AvgIpc) is 2.26. The standard InChI is InChI=1S/C12H16N2O3/c15-7-6-14(10-2-1-3-10)11-8-9(12(16)17)4-5-13-11/h4-5,8,10,15H,1-3,6-7H2,(H,16,17). The molecule has 0 atom stereocenters. The van der Waals surface area contributed by atoms with Gasteiger partial charge in [-0.2, -0.15) is 0 Å². The van der Waals surface area contributed by atoms with Crippen LogP contribution in [0.4, 0.5) is 5.82 Å². The van der Waals surface area contributed by atoms with Crippen LogP contribution >= 0.6 is 0 Å². The topological polar surface area (TPSA) is 73.7 Å². The molecule has 92 valence electrons. The van der Waals surface area contributed by atoms with Gasteiger partial charge in [0.25, 0.3) is 0 Å². The molecular formula is C12H16N2O3. The van der Waals surface area contributed by atoms with E-state index in [1.807, 2.05) is 4.90 Å². The number of hydrogen-bond acceptors (Lipinski definition) is 4. The van der Waals surface area contributed by atoms with Gasteiger partial charge < -0.3 is 15.1 Å². The van der Waals surface area contributed by atoms with E-state index in [0.717, 1.165) is 12.8 Å². The summed E-state index contributed by atoms with van der Waals surface area (Å²) < 4.78 is 0. The molecule has 0 aromatic carbocycles. The highest BCUT2D eigenvalue weighted by Gasteiger charge is 2.25. The zero-order valence-corrected chi connectivity index (χ0v) is 9.54. The van der Waals surface area contributed by atoms with Crippen LogP contribution in [-0.2, 0) is 0 Å². The molecule has 0 amide bonds. The average molecular weight is 236 g/mol. The lowest BCUT2D eigenvalue weighted by atomic mass is 9.91. The molecule has 1 saturated carbocycles. The normalized spacial score (nSPS) is 15.4. The Morgan fingerprint density at radius 1 is 1.53 bits per heavy atom. The number of carboxylic acids is 1. The van der Waals surface area contributed by atoms with Crippen LogP contribution < -0.4 is 4.90 Å². The number of carboxylic acid groups (broad SMARTS) is 1. The van der Waals surface area contributed by atoms with Crippen molar-refractivity contribution in [2.45, 2.75) is 25.3 Å². The van der Waals surface area contributed by atoms with Crippen molar-refractivity contribution in [1.82, 2.24) is 4.98 Å². The molecule has 5 nitrogen and oxygen atoms in total. The summed E-state index contributed by atoms with van der Waals surface area (Å²) in [5.41, 5.74) is 0.234. The minimum absolute atomic E-state index is 0.0511. The summed E-state index contributed by atoms with van der Waals surface area (Å²) in [5, 5.41) is 18.0. The Bertz CT molecular complexity index is 404. The molecule has 1 aromatic rings. The third-order valence-electron chi connectivity index (χ3n) is 3.14. The first kappa shape index (κ1) is 11.9. The van der Waals surface area contributed by atoms with E-state index in [1.165, 1.54) is 18.7 Å². The van der Waals surface area contributed by atoms with Crippen LogP contribution in [0.25, 0.3) is 0 Å². The Labute approximate surface area is 99.7 Å². The Morgan fingerprint density at radius 3 is 2.82 bits per heavy atom. The highest BCUT2D eigenvalue weighted by Crippen LogP contribution is 2.28. The molecule has 0 radical (unpaired) electrons. The summed E-state index contributed by atoms with van der Waals surface area (Å²) in [6.07, 6.45) is 4.85. The maximum Gasteiger partial charge on any atom is 0.335 e. The van der Waals surface area contributed by atoms with Gasteiger partial charge in [0.05, 0.1) is 12.2 Å². The molecule has 0 unspecified atom stereocenters. The molecular weight excluding hydrogens is 220 g/mol. The monoisotopic (exact) mass is 236 g/mol. The fourth-order valence-electron chi connectivity index (χ4n) is 2.00. The zero-order chi connectivity index (χ0) is 12.3. The summed E-state index contributed by atoms with van der Waals surface area (Å²) >= 11 is 0. The van der Waals surface area contributed by atoms with Crippen LogP contribution in [0.5, 0.6) is 0 Å². The van der Waals surface area contributed by atoms with E-state index in [0.29, 0.717) is 18.4 Å². The third-order valence-corrected chi connectivity index (χ3v) is 3.14. The van der Waals surface area contributed by atoms with Gasteiger partial charge in [0.15, 0.2) is 0 Å². The van der Waals surface area contributed by atoms with E-state index in [4.69, 9.17) is 10.2 Å². The van der Waals surface area contributed by atoms with Crippen molar-refractivity contribution in [3.8, 4) is 0 Å². The smallest absolute Gasteiger partial charge is 0.335 e. The molecule has 1 aliphatic rings. The Kier molecular flexibility index (Phi) is 3.58. The van der Waals surface area contributed by atoms with Crippen LogP contribution in [0.1, 0.15) is 29.6 Å². The number of aliphatic hydroxyl groups is 1. The zero-order valence-electron chi connectivity index (χ0n) is 9.54. The maximum atomic E-state index is 10.9. The van der Waals surface area contributed by atoms with Gasteiger partial charge in [-0.25, -0.2) is 9.78 Å². The second-order valence-corrected chi connectivity index (χ2v) is 4.21. The highest BCUT2D eigenvalue weighted by molar-refractivity contribution is 5.88. The number of aromatic nitrogens is 1. The second kappa shape index (κ2) is 5.14. The second-order valence-electron chi connectivity index (χ2n) is 4.21. The molecule has 2 rings (SSSR count). The number of anilines is 1. The summed E-state index contributed by atoms with van der Waals surface area (Å²) in [6, 6.07) is 3.43. The lowest BCUT2D eigenvalue weighted by Gasteiger charge is -2.38. The number of nitrogens with zero attached hydrogens (tertiary/aromatic N) is 2. The molecule has 2 N–H and O–H groups in total. The van der Waals surface area contributed by atoms with Gasteiger partial charge in [-0.15, -0.1) is 0 Å². The van der Waals surface area contributed by atoms with Crippen molar-refractivity contribution in [3.63, 3.8) is 0 Å². The van der Waals surface area contributed by atoms with Gasteiger partial charge in [0, 0.05) is 18.8 Å². The fourth-order valence-corrected chi connectivity index (χ4v) is 2.00. The number of rotatable bonds is 5. The minimum atomic E-state index is -0.953. The molecule has 5 heteroatoms. The van der Waals surface area contributed by atoms with Gasteiger partial charge in [-0.3, -0.25) is 0 Å². The van der Waals surface area contributed by atoms with Crippen LogP contribution in [0.15, 0.2) is 18.3 Å². The van der Waals surface area contributed by atoms with Crippen molar-refractivity contribution in [3.05, 3.63) is 23.9 Å². The molecule has 1 aromatic heterocycles. The first-order valence-corrected chi connectivity index (χ1v) is 5.79. The SMILES string of the molecule is O=C(O)c1ccnc(N(CCO)C2CCC2)c1. The van der Waals surface area contributed by atoms with Crippen molar-refractivity contribution >= 4 is 11.8 Å². The van der Waals surface area contributed by atoms with Crippen LogP contribution in [0.3, 0.4) is 0 Å². The molecule has 1 fully saturated rings. The Balaban J connectivity index is 2.22. The lowest BCUT2D eigenvalue weighted by Crippen LogP contribution is -2.42. The van der Waals surface area contributed by atoms with Gasteiger partial charge in [0.1, 0.15) is 5.82 Å². The first-order chi connectivity index (χ1) is 8.22. The van der Waals surface area contributed by atoms with E-state index < -0.39 is 5.97 Å². The van der Waals surface area contributed by atoms with Crippen LogP contribution in [0, 0.1) is 0 Å². The summed E-state index contributed by atoms with van der Waals surface area (Å²) in [6.45, 7) is 0.552. The highest BCUT2D eigenvalue weighted by atomic mass is 16.4. The molecule has 1 aliphatic carbocycles. The van der Waals surface area contributed by atoms with Crippen molar-refractivity contribution in [2.75, 3.05) is 18.1 Å². The van der Waals surface area contributed by atoms with Gasteiger partial charge >= 0.3 is 5.97 Å². The predicted molar refractivity (Wildman–Crippen MR) is 63.3 cm³/mol. The summed E-state index contributed by atoms with van der Waals surface area (Å²) in [5.74, 6) is -0.310. The minimum Gasteiger partial charge on any atom is -0.478 e. The fraction of sp³-hybridized carbons (Fsp3) is 0.500. The van der Waals surface area contributed by atoms with E-state index in [1.54, 1.807) is 6.07 Å². The van der Waals surface area contributed by atoms with Gasteiger partial charge in [-0.05, 0) is 31.4 Å². The molecule has 17 heavy (non-hydrogen) atoms. The number of carbonyl (C=O) groups is 1. The van der Waals surface area contributed by atoms with Crippen LogP contribution in [0.2, 0.25) is 0 Å². The predicted octanol–water partition coefficient (Wildman–Crippen LogP) is 1.13. The van der Waals surface area contributed by atoms with Crippen molar-refractivity contribution in [2.24, 2.45) is 0 Å². The number of aromatic carboxylic acids is 1. The number of pyridine rings is 1. The van der Waals surface area contributed by atoms with Crippen LogP contribution in [-0.4, -0.2) is 40.4 Å². The Hall–Kier alpha value is -1.62. The molecule has 0 aliphatic heterocycles. The molecule has 0 bridgehead atoms. The van der Waals surface area contributed by atoms with E-state index >= 15 is 0 Å². The molecule has 1 heterocycles. The van der Waals surface area contributed by atoms with Gasteiger partial charge in [-0.1, -0.05) is 0 Å². The van der Waals surface area contributed by atoms with E-state index in [9.17, 15) is 4.79 Å². The number of hydrogen-bond donors (Lipinski definition) is 2. The van der Waals surface area contributed by atoms with E-state index in [-0.39, 0.29) is 12.2 Å². The van der Waals surface area contributed by atoms with Crippen molar-refractivity contribution < 1.29 is 15.0 Å². The maximum absolute atomic E-state index is 10.9. The summed E-state index contributed by atoms with van der Waals surface area (Å²) in [7, 11) is 0. The first-order valence-electron chi connectivity index (χ1n) is 5.79. The third kappa shape index (κ3) is 2.55. The van der Waals surface area contributed by atoms with Gasteiger partial charge in [0.2, 0.25) is 0 Å². The largest absolute Gasteiger partial charge is 0.478 e.